The molecule has 0 aliphatic carbocycles. The van der Waals surface area contributed by atoms with Crippen molar-refractivity contribution in [3.8, 4) is 11.3 Å². The Kier molecular flexibility index (Phi) is 6.34. The van der Waals surface area contributed by atoms with Crippen LogP contribution in [0, 0.1) is 0 Å². The largest absolute Gasteiger partial charge is 0.397 e. The summed E-state index contributed by atoms with van der Waals surface area (Å²) in [6.07, 6.45) is 3.22. The monoisotopic (exact) mass is 403 g/mol. The van der Waals surface area contributed by atoms with Crippen molar-refractivity contribution in [1.82, 2.24) is 4.57 Å². The fraction of sp³-hybridized carbons (Fsp3) is 0.130. The second-order valence-electron chi connectivity index (χ2n) is 6.97. The van der Waals surface area contributed by atoms with Gasteiger partial charge in [-0.3, -0.25) is 9.59 Å². The van der Waals surface area contributed by atoms with Crippen molar-refractivity contribution in [2.75, 3.05) is 16.4 Å². The van der Waals surface area contributed by atoms with Gasteiger partial charge in [-0.1, -0.05) is 24.3 Å². The van der Waals surface area contributed by atoms with E-state index in [2.05, 4.69) is 10.6 Å². The number of rotatable bonds is 6. The number of hydrogen-bond acceptors (Lipinski definition) is 4. The zero-order valence-electron chi connectivity index (χ0n) is 16.9. The highest BCUT2D eigenvalue weighted by atomic mass is 16.2. The molecule has 6 N–H and O–H groups in total. The molecule has 0 aliphatic heterocycles. The molecule has 2 aromatic carbocycles. The summed E-state index contributed by atoms with van der Waals surface area (Å²) >= 11 is 0. The Morgan fingerprint density at radius 1 is 1.00 bits per heavy atom. The first kappa shape index (κ1) is 20.9. The molecule has 0 spiro atoms. The van der Waals surface area contributed by atoms with Crippen LogP contribution in [-0.2, 0) is 16.6 Å². The second-order valence-corrected chi connectivity index (χ2v) is 6.97. The lowest BCUT2D eigenvalue weighted by atomic mass is 10.1. The van der Waals surface area contributed by atoms with Gasteiger partial charge in [0.2, 0.25) is 11.8 Å². The summed E-state index contributed by atoms with van der Waals surface area (Å²) in [5.41, 5.74) is 16.0. The summed E-state index contributed by atoms with van der Waals surface area (Å²) in [7, 11) is 1.92. The maximum absolute atomic E-state index is 12.2. The number of nitrogens with two attached hydrogens (primary N) is 2. The lowest BCUT2D eigenvalue weighted by molar-refractivity contribution is -0.117. The van der Waals surface area contributed by atoms with E-state index in [-0.39, 0.29) is 11.8 Å². The number of anilines is 3. The van der Waals surface area contributed by atoms with Crippen LogP contribution in [-0.4, -0.2) is 22.4 Å². The minimum Gasteiger partial charge on any atom is -0.397 e. The number of nitrogens with one attached hydrogen (secondary N) is 2. The van der Waals surface area contributed by atoms with Crippen LogP contribution < -0.4 is 22.1 Å². The standard InChI is InChI=1S/C23H25N5O2/c1-15(24)23(30)26-17-9-7-16(8-10-17)21-13-11-18(28(21)2)12-14-22(29)27-20-6-4-3-5-19(20)25/h3-15H,24-25H2,1-2H3,(H,26,30)(H,27,29)/b14-12+. The van der Waals surface area contributed by atoms with Gasteiger partial charge in [0.05, 0.1) is 17.4 Å². The topological polar surface area (TPSA) is 115 Å². The van der Waals surface area contributed by atoms with E-state index in [1.807, 2.05) is 60.1 Å². The number of nitrogen functional groups attached to an aromatic ring is 1. The molecule has 3 rings (SSSR count). The molecular formula is C23H25N5O2. The third kappa shape index (κ3) is 4.95. The average Bonchev–Trinajstić information content (AvgIpc) is 3.09. The Balaban J connectivity index is 1.69. The Morgan fingerprint density at radius 3 is 2.37 bits per heavy atom. The van der Waals surface area contributed by atoms with E-state index in [4.69, 9.17) is 11.5 Å². The molecule has 0 radical (unpaired) electrons. The summed E-state index contributed by atoms with van der Waals surface area (Å²) in [4.78, 5) is 23.9. The third-order valence-electron chi connectivity index (χ3n) is 4.65. The lowest BCUT2D eigenvalue weighted by Gasteiger charge is -2.10. The minimum absolute atomic E-state index is 0.232. The fourth-order valence-corrected chi connectivity index (χ4v) is 2.91. The first-order chi connectivity index (χ1) is 14.3. The van der Waals surface area contributed by atoms with Crippen molar-refractivity contribution >= 4 is 35.0 Å². The number of para-hydroxylation sites is 2. The maximum Gasteiger partial charge on any atom is 0.248 e. The van der Waals surface area contributed by atoms with Crippen molar-refractivity contribution in [3.63, 3.8) is 0 Å². The van der Waals surface area contributed by atoms with Crippen LogP contribution in [0.3, 0.4) is 0 Å². The summed E-state index contributed by atoms with van der Waals surface area (Å²) < 4.78 is 1.98. The van der Waals surface area contributed by atoms with Crippen LogP contribution in [0.1, 0.15) is 12.6 Å². The number of nitrogens with zero attached hydrogens (tertiary/aromatic N) is 1. The molecule has 1 aromatic heterocycles. The highest BCUT2D eigenvalue weighted by molar-refractivity contribution is 6.03. The van der Waals surface area contributed by atoms with Gasteiger partial charge in [0.1, 0.15) is 0 Å². The Hall–Kier alpha value is -3.84. The van der Waals surface area contributed by atoms with E-state index < -0.39 is 6.04 Å². The average molecular weight is 403 g/mol. The quantitative estimate of drug-likeness (QED) is 0.374. The van der Waals surface area contributed by atoms with Gasteiger partial charge in [-0.2, -0.15) is 0 Å². The fourth-order valence-electron chi connectivity index (χ4n) is 2.91. The summed E-state index contributed by atoms with van der Waals surface area (Å²) in [5, 5.41) is 5.53. The molecule has 7 heteroatoms. The molecule has 30 heavy (non-hydrogen) atoms. The smallest absolute Gasteiger partial charge is 0.248 e. The van der Waals surface area contributed by atoms with Crippen molar-refractivity contribution < 1.29 is 9.59 Å². The van der Waals surface area contributed by atoms with Crippen molar-refractivity contribution in [2.24, 2.45) is 12.8 Å². The van der Waals surface area contributed by atoms with Gasteiger partial charge in [0.15, 0.2) is 0 Å². The van der Waals surface area contributed by atoms with Gasteiger partial charge >= 0.3 is 0 Å². The van der Waals surface area contributed by atoms with Crippen LogP contribution in [0.4, 0.5) is 17.1 Å². The Morgan fingerprint density at radius 2 is 1.70 bits per heavy atom. The van der Waals surface area contributed by atoms with E-state index in [1.54, 1.807) is 25.1 Å². The van der Waals surface area contributed by atoms with Crippen molar-refractivity contribution in [1.29, 1.82) is 0 Å². The number of hydrogen-bond donors (Lipinski definition) is 4. The van der Waals surface area contributed by atoms with Gasteiger partial charge in [-0.25, -0.2) is 0 Å². The maximum atomic E-state index is 12.2. The molecule has 1 heterocycles. The van der Waals surface area contributed by atoms with Gasteiger partial charge in [-0.05, 0) is 55.0 Å². The molecule has 7 nitrogen and oxygen atoms in total. The molecule has 0 saturated heterocycles. The van der Waals surface area contributed by atoms with E-state index in [1.165, 1.54) is 6.08 Å². The number of aromatic nitrogens is 1. The van der Waals surface area contributed by atoms with Crippen LogP contribution in [0.5, 0.6) is 0 Å². The number of carbonyl (C=O) groups is 2. The molecule has 0 fully saturated rings. The first-order valence-electron chi connectivity index (χ1n) is 9.51. The van der Waals surface area contributed by atoms with Gasteiger partial charge in [0, 0.05) is 30.2 Å². The highest BCUT2D eigenvalue weighted by Gasteiger charge is 2.09. The molecule has 0 aliphatic rings. The van der Waals surface area contributed by atoms with E-state index in [9.17, 15) is 9.59 Å². The zero-order valence-corrected chi connectivity index (χ0v) is 16.9. The van der Waals surface area contributed by atoms with Gasteiger partial charge in [-0.15, -0.1) is 0 Å². The van der Waals surface area contributed by atoms with Crippen molar-refractivity contribution in [2.45, 2.75) is 13.0 Å². The Labute approximate surface area is 175 Å². The summed E-state index contributed by atoms with van der Waals surface area (Å²) in [6, 6.07) is 17.9. The predicted octanol–water partition coefficient (Wildman–Crippen LogP) is 3.21. The van der Waals surface area contributed by atoms with Crippen LogP contribution >= 0.6 is 0 Å². The molecule has 0 saturated carbocycles. The summed E-state index contributed by atoms with van der Waals surface area (Å²) in [5.74, 6) is -0.491. The molecular weight excluding hydrogens is 378 g/mol. The number of benzene rings is 2. The minimum atomic E-state index is -0.567. The van der Waals surface area contributed by atoms with E-state index in [0.717, 1.165) is 17.0 Å². The normalized spacial score (nSPS) is 12.0. The number of carbonyl (C=O) groups excluding carboxylic acids is 2. The van der Waals surface area contributed by atoms with Crippen molar-refractivity contribution in [3.05, 3.63) is 72.4 Å². The van der Waals surface area contributed by atoms with E-state index >= 15 is 0 Å². The lowest BCUT2D eigenvalue weighted by Crippen LogP contribution is -2.32. The zero-order chi connectivity index (χ0) is 21.7. The van der Waals surface area contributed by atoms with Gasteiger partial charge < -0.3 is 26.7 Å². The predicted molar refractivity (Wildman–Crippen MR) is 122 cm³/mol. The molecule has 154 valence electrons. The molecule has 1 atom stereocenters. The molecule has 0 bridgehead atoms. The highest BCUT2D eigenvalue weighted by Crippen LogP contribution is 2.24. The van der Waals surface area contributed by atoms with Crippen LogP contribution in [0.15, 0.2) is 66.7 Å². The number of amides is 2. The molecule has 1 unspecified atom stereocenters. The Bertz CT molecular complexity index is 1080. The molecule has 2 amide bonds. The first-order valence-corrected chi connectivity index (χ1v) is 9.51. The van der Waals surface area contributed by atoms with Crippen LogP contribution in [0.25, 0.3) is 17.3 Å². The summed E-state index contributed by atoms with van der Waals surface area (Å²) in [6.45, 7) is 1.64. The SMILES string of the molecule is CC(N)C(=O)Nc1ccc(-c2ccc(/C=C/C(=O)Nc3ccccc3N)n2C)cc1. The van der Waals surface area contributed by atoms with Crippen LogP contribution in [0.2, 0.25) is 0 Å². The third-order valence-corrected chi connectivity index (χ3v) is 4.65. The van der Waals surface area contributed by atoms with E-state index in [0.29, 0.717) is 17.1 Å². The molecule has 3 aromatic rings. The van der Waals surface area contributed by atoms with Gasteiger partial charge in [0.25, 0.3) is 0 Å². The second kappa shape index (κ2) is 9.11.